The van der Waals surface area contributed by atoms with E-state index in [4.69, 9.17) is 4.52 Å². The highest BCUT2D eigenvalue weighted by Crippen LogP contribution is 2.28. The number of benzene rings is 2. The van der Waals surface area contributed by atoms with Crippen LogP contribution in [0, 0.1) is 5.82 Å². The van der Waals surface area contributed by atoms with Crippen LogP contribution in [0.2, 0.25) is 0 Å². The van der Waals surface area contributed by atoms with Gasteiger partial charge in [0.25, 0.3) is 0 Å². The summed E-state index contributed by atoms with van der Waals surface area (Å²) >= 11 is 0. The summed E-state index contributed by atoms with van der Waals surface area (Å²) in [7, 11) is 0. The molecule has 0 spiro atoms. The van der Waals surface area contributed by atoms with E-state index in [2.05, 4.69) is 15.1 Å². The molecule has 0 fully saturated rings. The van der Waals surface area contributed by atoms with Crippen LogP contribution >= 0.6 is 0 Å². The van der Waals surface area contributed by atoms with Gasteiger partial charge in [0.05, 0.1) is 18.8 Å². The molecule has 0 aliphatic heterocycles. The lowest BCUT2D eigenvalue weighted by Crippen LogP contribution is -2.01. The average molecular weight is 348 g/mol. The van der Waals surface area contributed by atoms with Crippen LogP contribution in [0.1, 0.15) is 30.1 Å². The summed E-state index contributed by atoms with van der Waals surface area (Å²) in [5, 5.41) is 4.00. The highest BCUT2D eigenvalue weighted by Gasteiger charge is 2.18. The van der Waals surface area contributed by atoms with Crippen molar-refractivity contribution in [2.45, 2.75) is 19.4 Å². The number of imidazole rings is 1. The second-order valence-corrected chi connectivity index (χ2v) is 6.11. The Morgan fingerprint density at radius 1 is 1.15 bits per heavy atom. The molecule has 0 amide bonds. The normalized spacial score (nSPS) is 12.2. The molecule has 0 aliphatic carbocycles. The maximum absolute atomic E-state index is 14.6. The first-order chi connectivity index (χ1) is 12.7. The topological polar surface area (TPSA) is 56.7 Å². The lowest BCUT2D eigenvalue weighted by atomic mass is 9.97. The molecule has 2 heterocycles. The second kappa shape index (κ2) is 6.92. The minimum atomic E-state index is -0.265. The van der Waals surface area contributed by atoms with Gasteiger partial charge >= 0.3 is 0 Å². The molecule has 1 unspecified atom stereocenters. The summed E-state index contributed by atoms with van der Waals surface area (Å²) in [6, 6.07) is 14.7. The van der Waals surface area contributed by atoms with Crippen molar-refractivity contribution in [1.29, 1.82) is 0 Å². The zero-order valence-corrected chi connectivity index (χ0v) is 14.2. The van der Waals surface area contributed by atoms with Crippen molar-refractivity contribution in [3.05, 3.63) is 90.3 Å². The molecule has 5 nitrogen and oxygen atoms in total. The smallest absolute Gasteiger partial charge is 0.233 e. The number of aromatic nitrogens is 4. The Balaban J connectivity index is 1.56. The van der Waals surface area contributed by atoms with E-state index in [9.17, 15) is 4.39 Å². The zero-order valence-electron chi connectivity index (χ0n) is 14.2. The number of nitrogens with zero attached hydrogens (tertiary/aromatic N) is 4. The third kappa shape index (κ3) is 3.26. The molecule has 6 heteroatoms. The van der Waals surface area contributed by atoms with Gasteiger partial charge in [-0.25, -0.2) is 9.37 Å². The zero-order chi connectivity index (χ0) is 17.9. The Bertz CT molecular complexity index is 996. The first-order valence-electron chi connectivity index (χ1n) is 8.34. The highest BCUT2D eigenvalue weighted by molar-refractivity contribution is 5.64. The summed E-state index contributed by atoms with van der Waals surface area (Å²) in [5.41, 5.74) is 2.22. The highest BCUT2D eigenvalue weighted by atomic mass is 19.1. The molecular formula is C20H17FN4O. The first-order valence-corrected chi connectivity index (χ1v) is 8.34. The summed E-state index contributed by atoms with van der Waals surface area (Å²) in [4.78, 5) is 8.41. The van der Waals surface area contributed by atoms with Gasteiger partial charge in [0.2, 0.25) is 5.89 Å². The third-order valence-electron chi connectivity index (χ3n) is 4.32. The lowest BCUT2D eigenvalue weighted by Gasteiger charge is -2.10. The van der Waals surface area contributed by atoms with Gasteiger partial charge in [-0.05, 0) is 24.1 Å². The molecule has 130 valence electrons. The van der Waals surface area contributed by atoms with Gasteiger partial charge in [-0.3, -0.25) is 0 Å². The van der Waals surface area contributed by atoms with Gasteiger partial charge in [0.1, 0.15) is 5.82 Å². The van der Waals surface area contributed by atoms with Gasteiger partial charge in [-0.15, -0.1) is 0 Å². The van der Waals surface area contributed by atoms with Crippen LogP contribution in [0.4, 0.5) is 4.39 Å². The summed E-state index contributed by atoms with van der Waals surface area (Å²) in [6.07, 6.45) is 5.22. The fourth-order valence-corrected chi connectivity index (χ4v) is 2.85. The van der Waals surface area contributed by atoms with Crippen molar-refractivity contribution in [1.82, 2.24) is 19.7 Å². The Morgan fingerprint density at radius 3 is 2.73 bits per heavy atom. The van der Waals surface area contributed by atoms with Crippen LogP contribution < -0.4 is 0 Å². The van der Waals surface area contributed by atoms with Crippen molar-refractivity contribution in [2.75, 3.05) is 0 Å². The summed E-state index contributed by atoms with van der Waals surface area (Å²) < 4.78 is 21.8. The molecule has 0 saturated carbocycles. The lowest BCUT2D eigenvalue weighted by molar-refractivity contribution is 0.364. The molecular weight excluding hydrogens is 331 g/mol. The van der Waals surface area contributed by atoms with Crippen LogP contribution in [0.25, 0.3) is 11.1 Å². The fraction of sp³-hybridized carbons (Fsp3) is 0.150. The third-order valence-corrected chi connectivity index (χ3v) is 4.32. The quantitative estimate of drug-likeness (QED) is 0.540. The van der Waals surface area contributed by atoms with Crippen molar-refractivity contribution in [2.24, 2.45) is 0 Å². The van der Waals surface area contributed by atoms with Crippen LogP contribution in [0.5, 0.6) is 0 Å². The van der Waals surface area contributed by atoms with E-state index in [0.717, 1.165) is 11.1 Å². The fourth-order valence-electron chi connectivity index (χ4n) is 2.85. The maximum atomic E-state index is 14.6. The minimum absolute atomic E-state index is 0.196. The van der Waals surface area contributed by atoms with Crippen molar-refractivity contribution in [3.63, 3.8) is 0 Å². The molecule has 0 bridgehead atoms. The molecule has 0 N–H and O–H groups in total. The predicted octanol–water partition coefficient (Wildman–Crippen LogP) is 4.27. The van der Waals surface area contributed by atoms with E-state index in [1.807, 2.05) is 54.1 Å². The molecule has 2 aromatic heterocycles. The summed E-state index contributed by atoms with van der Waals surface area (Å²) in [5.74, 6) is 0.565. The van der Waals surface area contributed by atoms with Gasteiger partial charge in [-0.2, -0.15) is 4.98 Å². The van der Waals surface area contributed by atoms with Crippen molar-refractivity contribution >= 4 is 0 Å². The first kappa shape index (κ1) is 16.2. The van der Waals surface area contributed by atoms with E-state index in [1.165, 1.54) is 6.07 Å². The molecule has 0 radical (unpaired) electrons. The Morgan fingerprint density at radius 2 is 2.00 bits per heavy atom. The van der Waals surface area contributed by atoms with E-state index in [0.29, 0.717) is 23.8 Å². The number of halogens is 1. The van der Waals surface area contributed by atoms with Crippen LogP contribution in [0.15, 0.2) is 71.8 Å². The molecule has 2 aromatic carbocycles. The largest absolute Gasteiger partial charge is 0.339 e. The number of hydrogen-bond acceptors (Lipinski definition) is 4. The average Bonchev–Trinajstić information content (AvgIpc) is 3.34. The van der Waals surface area contributed by atoms with Gasteiger partial charge in [0.15, 0.2) is 5.82 Å². The molecule has 4 rings (SSSR count). The molecule has 0 saturated heterocycles. The SMILES string of the molecule is CC(c1ccc(-c2ccccc2)c(F)c1)c1nc(Cn2ccnc2)no1. The minimum Gasteiger partial charge on any atom is -0.339 e. The van der Waals surface area contributed by atoms with Crippen molar-refractivity contribution in [3.8, 4) is 11.1 Å². The Labute approximate surface area is 150 Å². The van der Waals surface area contributed by atoms with Crippen molar-refractivity contribution < 1.29 is 8.91 Å². The number of hydrogen-bond donors (Lipinski definition) is 0. The van der Waals surface area contributed by atoms with Crippen LogP contribution in [-0.4, -0.2) is 19.7 Å². The van der Waals surface area contributed by atoms with Crippen LogP contribution in [-0.2, 0) is 6.54 Å². The molecule has 4 aromatic rings. The van der Waals surface area contributed by atoms with Gasteiger partial charge in [-0.1, -0.05) is 47.6 Å². The predicted molar refractivity (Wildman–Crippen MR) is 95.0 cm³/mol. The standard InChI is InChI=1S/C20H17FN4O/c1-14(20-23-19(24-26-20)12-25-10-9-22-13-25)16-7-8-17(18(21)11-16)15-5-3-2-4-6-15/h2-11,13-14H,12H2,1H3. The monoisotopic (exact) mass is 348 g/mol. The summed E-state index contributed by atoms with van der Waals surface area (Å²) in [6.45, 7) is 2.41. The second-order valence-electron chi connectivity index (χ2n) is 6.11. The van der Waals surface area contributed by atoms with Gasteiger partial charge < -0.3 is 9.09 Å². The molecule has 26 heavy (non-hydrogen) atoms. The number of rotatable bonds is 5. The Kier molecular flexibility index (Phi) is 4.31. The van der Waals surface area contributed by atoms with Crippen LogP contribution in [0.3, 0.4) is 0 Å². The molecule has 1 atom stereocenters. The maximum Gasteiger partial charge on any atom is 0.233 e. The van der Waals surface area contributed by atoms with E-state index in [1.54, 1.807) is 18.6 Å². The van der Waals surface area contributed by atoms with Gasteiger partial charge in [0, 0.05) is 18.0 Å². The van der Waals surface area contributed by atoms with E-state index in [-0.39, 0.29) is 11.7 Å². The molecule has 0 aliphatic rings. The van der Waals surface area contributed by atoms with E-state index < -0.39 is 0 Å². The van der Waals surface area contributed by atoms with E-state index >= 15 is 0 Å². The Hall–Kier alpha value is -3.28.